The second-order valence-corrected chi connectivity index (χ2v) is 13.4. The predicted octanol–water partition coefficient (Wildman–Crippen LogP) is 7.84. The van der Waals surface area contributed by atoms with E-state index in [0.717, 1.165) is 62.1 Å². The average molecular weight is 780 g/mol. The molecule has 2 N–H and O–H groups in total. The number of ether oxygens (including phenoxy) is 4. The first-order valence-corrected chi connectivity index (χ1v) is 18.3. The summed E-state index contributed by atoms with van der Waals surface area (Å²) in [5, 5.41) is 15.4. The van der Waals surface area contributed by atoms with Crippen LogP contribution < -0.4 is 39.4 Å². The van der Waals surface area contributed by atoms with Crippen LogP contribution in [0.25, 0.3) is 33.5 Å². The van der Waals surface area contributed by atoms with E-state index in [-0.39, 0.29) is 0 Å². The number of rotatable bonds is 12. The highest BCUT2D eigenvalue weighted by molar-refractivity contribution is 5.80. The number of nitrogens with zero attached hydrogens (tertiary/aromatic N) is 9. The van der Waals surface area contributed by atoms with Gasteiger partial charge in [0.25, 0.3) is 0 Å². The first-order valence-electron chi connectivity index (χ1n) is 18.3. The maximum Gasteiger partial charge on any atom is 0.213 e. The van der Waals surface area contributed by atoms with Crippen molar-refractivity contribution in [3.8, 4) is 45.4 Å². The van der Waals surface area contributed by atoms with E-state index in [1.54, 1.807) is 49.7 Å². The van der Waals surface area contributed by atoms with Gasteiger partial charge < -0.3 is 39.4 Å². The maximum atomic E-state index is 5.44. The second kappa shape index (κ2) is 17.1. The number of methoxy groups -OCH3 is 4. The number of nitrogens with one attached hydrogen (secondary N) is 2. The molecule has 0 saturated carbocycles. The van der Waals surface area contributed by atoms with Crippen molar-refractivity contribution in [3.05, 3.63) is 116 Å². The monoisotopic (exact) mass is 779 g/mol. The first kappa shape index (κ1) is 38.7. The third-order valence-corrected chi connectivity index (χ3v) is 9.28. The van der Waals surface area contributed by atoms with Crippen LogP contribution in [0.1, 0.15) is 0 Å². The zero-order chi connectivity index (χ0) is 40.8. The van der Waals surface area contributed by atoms with Crippen molar-refractivity contribution in [2.75, 3.05) is 77.1 Å². The third-order valence-electron chi connectivity index (χ3n) is 9.28. The molecule has 296 valence electrons. The Morgan fingerprint density at radius 1 is 0.517 bits per heavy atom. The van der Waals surface area contributed by atoms with Gasteiger partial charge in [-0.25, -0.2) is 24.0 Å². The van der Waals surface area contributed by atoms with Crippen LogP contribution in [-0.2, 0) is 0 Å². The van der Waals surface area contributed by atoms with Crippen LogP contribution in [0.15, 0.2) is 116 Å². The molecule has 0 radical (unpaired) electrons. The van der Waals surface area contributed by atoms with Crippen molar-refractivity contribution in [2.45, 2.75) is 0 Å². The Morgan fingerprint density at radius 3 is 1.40 bits per heavy atom. The van der Waals surface area contributed by atoms with Crippen molar-refractivity contribution < 1.29 is 18.9 Å². The van der Waals surface area contributed by atoms with Crippen LogP contribution in [0.3, 0.4) is 0 Å². The Morgan fingerprint density at radius 2 is 1.00 bits per heavy atom. The maximum absolute atomic E-state index is 5.44. The highest BCUT2D eigenvalue weighted by Gasteiger charge is 2.15. The van der Waals surface area contributed by atoms with E-state index in [1.165, 1.54) is 0 Å². The number of fused-ring (bicyclic) bond motifs is 2. The first-order chi connectivity index (χ1) is 28.2. The third kappa shape index (κ3) is 8.33. The van der Waals surface area contributed by atoms with Gasteiger partial charge in [-0.15, -0.1) is 0 Å². The van der Waals surface area contributed by atoms with Gasteiger partial charge in [0.05, 0.1) is 52.7 Å². The van der Waals surface area contributed by atoms with Crippen LogP contribution in [0, 0.1) is 0 Å². The number of pyridine rings is 1. The lowest BCUT2D eigenvalue weighted by atomic mass is 10.1. The number of hydrogen-bond acceptors (Lipinski definition) is 13. The number of aromatic nitrogens is 7. The molecule has 0 bridgehead atoms. The lowest BCUT2D eigenvalue weighted by Gasteiger charge is -2.15. The zero-order valence-electron chi connectivity index (χ0n) is 33.6. The Kier molecular flexibility index (Phi) is 11.4. The van der Waals surface area contributed by atoms with Gasteiger partial charge in [0, 0.05) is 87.0 Å². The minimum absolute atomic E-state index is 0.540. The Labute approximate surface area is 336 Å². The summed E-state index contributed by atoms with van der Waals surface area (Å²) in [5.41, 5.74) is 9.51. The number of benzene rings is 3. The van der Waals surface area contributed by atoms with E-state index in [1.807, 2.05) is 83.3 Å². The molecule has 0 aliphatic rings. The molecule has 8 rings (SSSR count). The summed E-state index contributed by atoms with van der Waals surface area (Å²) in [7, 11) is 14.4. The van der Waals surface area contributed by atoms with Crippen molar-refractivity contribution in [3.63, 3.8) is 0 Å². The predicted molar refractivity (Wildman–Crippen MR) is 229 cm³/mol. The molecule has 0 saturated heterocycles. The molecule has 5 heterocycles. The molecule has 0 aliphatic heterocycles. The van der Waals surface area contributed by atoms with Crippen molar-refractivity contribution in [1.29, 1.82) is 0 Å². The fourth-order valence-corrected chi connectivity index (χ4v) is 6.19. The van der Waals surface area contributed by atoms with Crippen molar-refractivity contribution >= 4 is 45.7 Å². The lowest BCUT2D eigenvalue weighted by molar-refractivity contribution is 0.324. The SMILES string of the molecule is COc1cc(Nc2ccn3ncc(-c4ccc(N(C)C)cc4)c3n2)cc(OC)c1OC.COc1ccc(Nc2ccn3ncc(-c4ccc(N(C)C)cc4)c3n2)cn1. The molecule has 0 amide bonds. The van der Waals surface area contributed by atoms with Crippen molar-refractivity contribution in [2.24, 2.45) is 0 Å². The van der Waals surface area contributed by atoms with Crippen LogP contribution in [0.4, 0.5) is 34.4 Å². The Hall–Kier alpha value is -7.55. The molecule has 0 aliphatic carbocycles. The summed E-state index contributed by atoms with van der Waals surface area (Å²) < 4.78 is 24.9. The minimum atomic E-state index is 0.540. The Balaban J connectivity index is 0.000000178. The fraction of sp³-hybridized carbons (Fsp3) is 0.186. The van der Waals surface area contributed by atoms with Crippen LogP contribution >= 0.6 is 0 Å². The van der Waals surface area contributed by atoms with Gasteiger partial charge in [-0.05, 0) is 53.6 Å². The van der Waals surface area contributed by atoms with Gasteiger partial charge in [0.1, 0.15) is 11.6 Å². The quantitative estimate of drug-likeness (QED) is 0.125. The van der Waals surface area contributed by atoms with Gasteiger partial charge in [0.2, 0.25) is 11.6 Å². The van der Waals surface area contributed by atoms with E-state index in [0.29, 0.717) is 28.9 Å². The molecule has 0 atom stereocenters. The molecule has 15 heteroatoms. The van der Waals surface area contributed by atoms with Crippen LogP contribution in [-0.4, -0.2) is 90.8 Å². The molecule has 0 fully saturated rings. The summed E-state index contributed by atoms with van der Waals surface area (Å²) in [6.45, 7) is 0. The molecule has 5 aromatic heterocycles. The summed E-state index contributed by atoms with van der Waals surface area (Å²) in [6, 6.07) is 27.8. The molecule has 8 aromatic rings. The second-order valence-electron chi connectivity index (χ2n) is 13.4. The highest BCUT2D eigenvalue weighted by atomic mass is 16.5. The molecule has 0 unspecified atom stereocenters. The van der Waals surface area contributed by atoms with E-state index < -0.39 is 0 Å². The average Bonchev–Trinajstić information content (AvgIpc) is 3.88. The molecule has 15 nitrogen and oxygen atoms in total. The normalized spacial score (nSPS) is 10.8. The van der Waals surface area contributed by atoms with Gasteiger partial charge in [-0.2, -0.15) is 10.2 Å². The number of anilines is 6. The van der Waals surface area contributed by atoms with Gasteiger partial charge >= 0.3 is 0 Å². The lowest BCUT2D eigenvalue weighted by Crippen LogP contribution is -2.07. The van der Waals surface area contributed by atoms with Gasteiger partial charge in [-0.3, -0.25) is 0 Å². The smallest absolute Gasteiger partial charge is 0.213 e. The van der Waals surface area contributed by atoms with Crippen molar-refractivity contribution in [1.82, 2.24) is 34.2 Å². The van der Waals surface area contributed by atoms with Gasteiger partial charge in [-0.1, -0.05) is 24.3 Å². The molecule has 0 spiro atoms. The van der Waals surface area contributed by atoms with E-state index in [9.17, 15) is 0 Å². The number of hydrogen-bond donors (Lipinski definition) is 2. The van der Waals surface area contributed by atoms with E-state index in [4.69, 9.17) is 28.9 Å². The molecular weight excluding hydrogens is 735 g/mol. The standard InChI is InChI=1S/C23H25N5O3.C20H20N6O/c1-27(2)17-8-6-15(7-9-17)18-14-24-28-11-10-21(26-23(18)28)25-16-12-19(29-3)22(31-5)20(13-16)30-4;1-25(2)16-7-4-14(5-8-16)17-13-22-26-11-10-18(24-20(17)26)23-15-6-9-19(27-3)21-12-15/h6-14H,1-5H3,(H,25,26);4-13H,1-3H3,(H,23,24). The summed E-state index contributed by atoms with van der Waals surface area (Å²) in [4.78, 5) is 17.8. The van der Waals surface area contributed by atoms with E-state index in [2.05, 4.69) is 84.1 Å². The van der Waals surface area contributed by atoms with Gasteiger partial charge in [0.15, 0.2) is 22.8 Å². The zero-order valence-corrected chi connectivity index (χ0v) is 33.6. The summed E-state index contributed by atoms with van der Waals surface area (Å²) in [6.07, 6.45) is 9.14. The summed E-state index contributed by atoms with van der Waals surface area (Å²) >= 11 is 0. The fourth-order valence-electron chi connectivity index (χ4n) is 6.19. The minimum Gasteiger partial charge on any atom is -0.493 e. The molecular formula is C43H45N11O4. The molecule has 58 heavy (non-hydrogen) atoms. The van der Waals surface area contributed by atoms with Crippen LogP contribution in [0.2, 0.25) is 0 Å². The van der Waals surface area contributed by atoms with E-state index >= 15 is 0 Å². The highest BCUT2D eigenvalue weighted by Crippen LogP contribution is 2.40. The largest absolute Gasteiger partial charge is 0.493 e. The Bertz CT molecular complexity index is 2600. The topological polar surface area (TPSA) is 141 Å². The molecule has 3 aromatic carbocycles. The summed E-state index contributed by atoms with van der Waals surface area (Å²) in [5.74, 6) is 3.64. The van der Waals surface area contributed by atoms with Crippen LogP contribution in [0.5, 0.6) is 23.1 Å².